The minimum atomic E-state index is 0.726. The molecule has 10 heavy (non-hydrogen) atoms. The fraction of sp³-hybridized carbons (Fsp3) is 1.00. The molecule has 0 saturated carbocycles. The summed E-state index contributed by atoms with van der Waals surface area (Å²) in [5.41, 5.74) is 0. The lowest BCUT2D eigenvalue weighted by Crippen LogP contribution is -2.06. The second-order valence-corrected chi connectivity index (χ2v) is 3.45. The van der Waals surface area contributed by atoms with Gasteiger partial charge in [-0.1, -0.05) is 36.2 Å². The molecule has 0 aliphatic rings. The summed E-state index contributed by atoms with van der Waals surface area (Å²) in [6.45, 7) is 6.20. The maximum Gasteiger partial charge on any atom is 0.0563 e. The van der Waals surface area contributed by atoms with Crippen LogP contribution in [0, 0.1) is 5.92 Å². The molecule has 0 aliphatic heterocycles. The molecule has 1 nitrogen and oxygen atoms in total. The van der Waals surface area contributed by atoms with E-state index in [1.54, 1.807) is 0 Å². The summed E-state index contributed by atoms with van der Waals surface area (Å²) in [5, 5.41) is 0.950. The van der Waals surface area contributed by atoms with Gasteiger partial charge < -0.3 is 4.74 Å². The van der Waals surface area contributed by atoms with Crippen molar-refractivity contribution in [2.45, 2.75) is 26.7 Å². The van der Waals surface area contributed by atoms with Crippen molar-refractivity contribution in [2.75, 3.05) is 18.5 Å². The summed E-state index contributed by atoms with van der Waals surface area (Å²) in [6, 6.07) is 0. The predicted octanol–water partition coefficient (Wildman–Crippen LogP) is 2.83. The molecule has 1 unspecified atom stereocenters. The number of ether oxygens (including phenoxy) is 1. The monoisotopic (exact) mass is 208 g/mol. The Morgan fingerprint density at radius 2 is 2.20 bits per heavy atom. The Kier molecular flexibility index (Phi) is 7.88. The van der Waals surface area contributed by atoms with Crippen LogP contribution >= 0.6 is 15.9 Å². The standard InChI is InChI=1S/C8H17BrO/c1-3-4-8(2)7-10-6-5-9/h8H,3-7H2,1-2H3. The Balaban J connectivity index is 2.97. The maximum absolute atomic E-state index is 5.35. The van der Waals surface area contributed by atoms with E-state index >= 15 is 0 Å². The molecule has 0 spiro atoms. The second-order valence-electron chi connectivity index (χ2n) is 2.66. The molecule has 0 radical (unpaired) electrons. The highest BCUT2D eigenvalue weighted by atomic mass is 79.9. The third-order valence-electron chi connectivity index (χ3n) is 1.41. The molecule has 0 bridgehead atoms. The molecule has 62 valence electrons. The minimum Gasteiger partial charge on any atom is -0.380 e. The van der Waals surface area contributed by atoms with Crippen molar-refractivity contribution >= 4 is 15.9 Å². The van der Waals surface area contributed by atoms with Gasteiger partial charge in [-0.3, -0.25) is 0 Å². The number of alkyl halides is 1. The van der Waals surface area contributed by atoms with Crippen molar-refractivity contribution < 1.29 is 4.74 Å². The van der Waals surface area contributed by atoms with Crippen LogP contribution in [0.25, 0.3) is 0 Å². The topological polar surface area (TPSA) is 9.23 Å². The zero-order valence-corrected chi connectivity index (χ0v) is 8.49. The summed E-state index contributed by atoms with van der Waals surface area (Å²) < 4.78 is 5.35. The molecule has 0 N–H and O–H groups in total. The van der Waals surface area contributed by atoms with E-state index in [0.29, 0.717) is 0 Å². The highest BCUT2D eigenvalue weighted by Crippen LogP contribution is 2.04. The van der Waals surface area contributed by atoms with Crippen LogP contribution in [-0.2, 0) is 4.74 Å². The van der Waals surface area contributed by atoms with Crippen molar-refractivity contribution in [3.8, 4) is 0 Å². The zero-order chi connectivity index (χ0) is 7.82. The van der Waals surface area contributed by atoms with Crippen molar-refractivity contribution in [3.05, 3.63) is 0 Å². The molecule has 0 aromatic carbocycles. The molecular weight excluding hydrogens is 192 g/mol. The lowest BCUT2D eigenvalue weighted by Gasteiger charge is -2.08. The average Bonchev–Trinajstić information content (AvgIpc) is 1.89. The van der Waals surface area contributed by atoms with Crippen molar-refractivity contribution in [3.63, 3.8) is 0 Å². The van der Waals surface area contributed by atoms with Crippen LogP contribution in [0.5, 0.6) is 0 Å². The van der Waals surface area contributed by atoms with Crippen LogP contribution in [0.4, 0.5) is 0 Å². The van der Waals surface area contributed by atoms with Gasteiger partial charge in [0.1, 0.15) is 0 Å². The highest BCUT2D eigenvalue weighted by molar-refractivity contribution is 9.09. The van der Waals surface area contributed by atoms with Crippen LogP contribution in [-0.4, -0.2) is 18.5 Å². The van der Waals surface area contributed by atoms with Gasteiger partial charge >= 0.3 is 0 Å². The van der Waals surface area contributed by atoms with Crippen molar-refractivity contribution in [1.82, 2.24) is 0 Å². The lowest BCUT2D eigenvalue weighted by molar-refractivity contribution is 0.115. The van der Waals surface area contributed by atoms with Crippen molar-refractivity contribution in [2.24, 2.45) is 5.92 Å². The number of hydrogen-bond acceptors (Lipinski definition) is 1. The molecule has 0 rings (SSSR count). The molecule has 0 aromatic rings. The van der Waals surface area contributed by atoms with Gasteiger partial charge in [-0.05, 0) is 12.3 Å². The maximum atomic E-state index is 5.35. The van der Waals surface area contributed by atoms with E-state index in [9.17, 15) is 0 Å². The first kappa shape index (κ1) is 10.4. The van der Waals surface area contributed by atoms with E-state index in [4.69, 9.17) is 4.74 Å². The summed E-state index contributed by atoms with van der Waals surface area (Å²) in [4.78, 5) is 0. The zero-order valence-electron chi connectivity index (χ0n) is 6.90. The van der Waals surface area contributed by atoms with Crippen LogP contribution in [0.2, 0.25) is 0 Å². The highest BCUT2D eigenvalue weighted by Gasteiger charge is 1.98. The van der Waals surface area contributed by atoms with Crippen LogP contribution < -0.4 is 0 Å². The van der Waals surface area contributed by atoms with E-state index in [2.05, 4.69) is 29.8 Å². The number of hydrogen-bond donors (Lipinski definition) is 0. The average molecular weight is 209 g/mol. The minimum absolute atomic E-state index is 0.726. The summed E-state index contributed by atoms with van der Waals surface area (Å²) in [7, 11) is 0. The Morgan fingerprint density at radius 1 is 1.50 bits per heavy atom. The van der Waals surface area contributed by atoms with Gasteiger partial charge in [-0.15, -0.1) is 0 Å². The molecule has 2 heteroatoms. The van der Waals surface area contributed by atoms with Gasteiger partial charge in [0.2, 0.25) is 0 Å². The van der Waals surface area contributed by atoms with E-state index < -0.39 is 0 Å². The first-order chi connectivity index (χ1) is 4.81. The van der Waals surface area contributed by atoms with E-state index in [-0.39, 0.29) is 0 Å². The summed E-state index contributed by atoms with van der Waals surface area (Å²) >= 11 is 3.31. The first-order valence-electron chi connectivity index (χ1n) is 3.95. The van der Waals surface area contributed by atoms with Gasteiger partial charge in [-0.2, -0.15) is 0 Å². The van der Waals surface area contributed by atoms with E-state index in [0.717, 1.165) is 24.5 Å². The van der Waals surface area contributed by atoms with Gasteiger partial charge in [0.15, 0.2) is 0 Å². The Bertz CT molecular complexity index is 66.3. The quantitative estimate of drug-likeness (QED) is 0.482. The van der Waals surface area contributed by atoms with Crippen LogP contribution in [0.15, 0.2) is 0 Å². The van der Waals surface area contributed by atoms with Gasteiger partial charge in [0.25, 0.3) is 0 Å². The van der Waals surface area contributed by atoms with Gasteiger partial charge in [0.05, 0.1) is 6.61 Å². The molecule has 0 amide bonds. The first-order valence-corrected chi connectivity index (χ1v) is 5.07. The normalized spacial score (nSPS) is 13.5. The fourth-order valence-corrected chi connectivity index (χ4v) is 1.14. The molecule has 0 fully saturated rings. The molecular formula is C8H17BrO. The summed E-state index contributed by atoms with van der Waals surface area (Å²) in [5.74, 6) is 0.726. The Labute approximate surface area is 72.3 Å². The summed E-state index contributed by atoms with van der Waals surface area (Å²) in [6.07, 6.45) is 2.54. The fourth-order valence-electron chi connectivity index (χ4n) is 0.915. The molecule has 0 heterocycles. The Hall–Kier alpha value is 0.440. The molecule has 0 saturated heterocycles. The largest absolute Gasteiger partial charge is 0.380 e. The number of rotatable bonds is 6. The van der Waals surface area contributed by atoms with Crippen LogP contribution in [0.1, 0.15) is 26.7 Å². The van der Waals surface area contributed by atoms with Crippen molar-refractivity contribution in [1.29, 1.82) is 0 Å². The van der Waals surface area contributed by atoms with Gasteiger partial charge in [-0.25, -0.2) is 0 Å². The third kappa shape index (κ3) is 6.56. The smallest absolute Gasteiger partial charge is 0.0563 e. The predicted molar refractivity (Wildman–Crippen MR) is 48.7 cm³/mol. The molecule has 1 atom stereocenters. The molecule has 0 aromatic heterocycles. The SMILES string of the molecule is CCCC(C)COCCBr. The van der Waals surface area contributed by atoms with Crippen LogP contribution in [0.3, 0.4) is 0 Å². The van der Waals surface area contributed by atoms with Gasteiger partial charge in [0, 0.05) is 11.9 Å². The third-order valence-corrected chi connectivity index (χ3v) is 1.73. The second kappa shape index (κ2) is 7.55. The Morgan fingerprint density at radius 3 is 2.70 bits per heavy atom. The van der Waals surface area contributed by atoms with E-state index in [1.165, 1.54) is 12.8 Å². The molecule has 0 aliphatic carbocycles. The number of halogens is 1. The lowest BCUT2D eigenvalue weighted by atomic mass is 10.1. The van der Waals surface area contributed by atoms with E-state index in [1.807, 2.05) is 0 Å².